The maximum absolute atomic E-state index is 8.67. The molecule has 2 heteroatoms. The third-order valence-electron chi connectivity index (χ3n) is 1.40. The first-order chi connectivity index (χ1) is 5.76. The first-order valence-electron chi connectivity index (χ1n) is 3.55. The molecule has 12 heavy (non-hydrogen) atoms. The van der Waals surface area contributed by atoms with Crippen LogP contribution in [0.5, 0.6) is 0 Å². The number of hydrogen-bond donors (Lipinski definition) is 0. The Balaban J connectivity index is 3.07. The third-order valence-corrected chi connectivity index (χ3v) is 2.07. The zero-order valence-electron chi connectivity index (χ0n) is 6.87. The number of aryl methyl sites for hydroxylation is 1. The normalized spacial score (nSPS) is 9.00. The minimum atomic E-state index is 0.708. The zero-order valence-corrected chi connectivity index (χ0v) is 7.69. The molecule has 60 valence electrons. The van der Waals surface area contributed by atoms with E-state index < -0.39 is 0 Å². The van der Waals surface area contributed by atoms with Gasteiger partial charge < -0.3 is 0 Å². The van der Waals surface area contributed by atoms with E-state index in [9.17, 15) is 0 Å². The Kier molecular flexibility index (Phi) is 2.95. The molecule has 0 aliphatic carbocycles. The van der Waals surface area contributed by atoms with Crippen LogP contribution < -0.4 is 0 Å². The Morgan fingerprint density at radius 1 is 1.50 bits per heavy atom. The molecule has 0 aliphatic heterocycles. The number of nitrogens with zero attached hydrogens (tertiary/aromatic N) is 1. The standard InChI is InChI=1S/C10H9NS/c1-3-12-10-5-8(2)4-9(6-10)7-11/h3-6H,1H2,2H3. The Labute approximate surface area is 76.7 Å². The molecule has 0 spiro atoms. The summed E-state index contributed by atoms with van der Waals surface area (Å²) in [6.07, 6.45) is 0. The van der Waals surface area contributed by atoms with Crippen molar-refractivity contribution in [3.8, 4) is 6.07 Å². The van der Waals surface area contributed by atoms with Crippen molar-refractivity contribution in [3.05, 3.63) is 41.3 Å². The summed E-state index contributed by atoms with van der Waals surface area (Å²) in [5.74, 6) is 0. The molecule has 0 bridgehead atoms. The van der Waals surface area contributed by atoms with Gasteiger partial charge in [0.1, 0.15) is 0 Å². The Bertz CT molecular complexity index is 336. The first-order valence-corrected chi connectivity index (χ1v) is 4.43. The quantitative estimate of drug-likeness (QED) is 0.645. The second-order valence-corrected chi connectivity index (χ2v) is 3.47. The average Bonchev–Trinajstić information content (AvgIpc) is 2.04. The SMILES string of the molecule is C=CSc1cc(C)cc(C#N)c1. The van der Waals surface area contributed by atoms with Crippen LogP contribution in [0.25, 0.3) is 0 Å². The van der Waals surface area contributed by atoms with Gasteiger partial charge in [-0.05, 0) is 36.1 Å². The second kappa shape index (κ2) is 3.99. The molecule has 0 atom stereocenters. The van der Waals surface area contributed by atoms with Crippen LogP contribution in [0.1, 0.15) is 11.1 Å². The number of benzene rings is 1. The van der Waals surface area contributed by atoms with Gasteiger partial charge in [-0.2, -0.15) is 5.26 Å². The average molecular weight is 175 g/mol. The van der Waals surface area contributed by atoms with Crippen LogP contribution in [0.3, 0.4) is 0 Å². The van der Waals surface area contributed by atoms with Crippen LogP contribution >= 0.6 is 11.8 Å². The monoisotopic (exact) mass is 175 g/mol. The van der Waals surface area contributed by atoms with Gasteiger partial charge >= 0.3 is 0 Å². The smallest absolute Gasteiger partial charge is 0.0992 e. The number of thioether (sulfide) groups is 1. The summed E-state index contributed by atoms with van der Waals surface area (Å²) >= 11 is 1.53. The fourth-order valence-electron chi connectivity index (χ4n) is 0.977. The lowest BCUT2D eigenvalue weighted by atomic mass is 10.2. The van der Waals surface area contributed by atoms with Crippen LogP contribution in [-0.2, 0) is 0 Å². The maximum atomic E-state index is 8.67. The lowest BCUT2D eigenvalue weighted by Crippen LogP contribution is -1.79. The van der Waals surface area contributed by atoms with Crippen molar-refractivity contribution in [2.45, 2.75) is 11.8 Å². The van der Waals surface area contributed by atoms with Crippen molar-refractivity contribution in [1.29, 1.82) is 5.26 Å². The highest BCUT2D eigenvalue weighted by Gasteiger charge is 1.96. The van der Waals surface area contributed by atoms with E-state index in [-0.39, 0.29) is 0 Å². The summed E-state index contributed by atoms with van der Waals surface area (Å²) in [5, 5.41) is 10.4. The molecule has 1 aromatic rings. The minimum Gasteiger partial charge on any atom is -0.192 e. The second-order valence-electron chi connectivity index (χ2n) is 2.43. The number of hydrogen-bond acceptors (Lipinski definition) is 2. The molecule has 1 aromatic carbocycles. The van der Waals surface area contributed by atoms with E-state index in [1.54, 1.807) is 5.41 Å². The first kappa shape index (κ1) is 8.89. The molecule has 0 amide bonds. The molecular weight excluding hydrogens is 166 g/mol. The zero-order chi connectivity index (χ0) is 8.97. The molecule has 0 aromatic heterocycles. The van der Waals surface area contributed by atoms with Gasteiger partial charge in [-0.1, -0.05) is 18.3 Å². The van der Waals surface area contributed by atoms with Crippen LogP contribution in [0.2, 0.25) is 0 Å². The van der Waals surface area contributed by atoms with Crippen molar-refractivity contribution in [1.82, 2.24) is 0 Å². The molecule has 0 N–H and O–H groups in total. The van der Waals surface area contributed by atoms with Crippen molar-refractivity contribution < 1.29 is 0 Å². The molecule has 0 unspecified atom stereocenters. The van der Waals surface area contributed by atoms with Gasteiger partial charge in [-0.25, -0.2) is 0 Å². The highest BCUT2D eigenvalue weighted by atomic mass is 32.2. The summed E-state index contributed by atoms with van der Waals surface area (Å²) in [4.78, 5) is 1.07. The van der Waals surface area contributed by atoms with Crippen LogP contribution in [0, 0.1) is 18.3 Å². The summed E-state index contributed by atoms with van der Waals surface area (Å²) in [5.41, 5.74) is 1.82. The maximum Gasteiger partial charge on any atom is 0.0992 e. The molecule has 1 nitrogen and oxygen atoms in total. The fourth-order valence-corrected chi connectivity index (χ4v) is 1.62. The van der Waals surface area contributed by atoms with Gasteiger partial charge in [0, 0.05) is 4.90 Å². The van der Waals surface area contributed by atoms with Crippen molar-refractivity contribution in [3.63, 3.8) is 0 Å². The summed E-state index contributed by atoms with van der Waals surface area (Å²) < 4.78 is 0. The molecule has 0 radical (unpaired) electrons. The van der Waals surface area contributed by atoms with Crippen molar-refractivity contribution >= 4 is 11.8 Å². The van der Waals surface area contributed by atoms with Crippen LogP contribution in [0.4, 0.5) is 0 Å². The highest BCUT2D eigenvalue weighted by Crippen LogP contribution is 2.21. The predicted molar refractivity (Wildman–Crippen MR) is 51.9 cm³/mol. The lowest BCUT2D eigenvalue weighted by molar-refractivity contribution is 1.33. The van der Waals surface area contributed by atoms with Crippen molar-refractivity contribution in [2.75, 3.05) is 0 Å². The molecule has 1 rings (SSSR count). The van der Waals surface area contributed by atoms with Gasteiger partial charge in [0.15, 0.2) is 0 Å². The Morgan fingerprint density at radius 3 is 2.83 bits per heavy atom. The molecule has 0 saturated heterocycles. The van der Waals surface area contributed by atoms with E-state index in [1.807, 2.05) is 25.1 Å². The predicted octanol–water partition coefficient (Wildman–Crippen LogP) is 3.10. The number of nitriles is 1. The largest absolute Gasteiger partial charge is 0.192 e. The summed E-state index contributed by atoms with van der Waals surface area (Å²) in [7, 11) is 0. The molecular formula is C10H9NS. The van der Waals surface area contributed by atoms with Gasteiger partial charge in [-0.15, -0.1) is 0 Å². The molecule has 0 aliphatic rings. The van der Waals surface area contributed by atoms with Gasteiger partial charge in [-0.3, -0.25) is 0 Å². The van der Waals surface area contributed by atoms with Crippen LogP contribution in [-0.4, -0.2) is 0 Å². The fraction of sp³-hybridized carbons (Fsp3) is 0.100. The Morgan fingerprint density at radius 2 is 2.25 bits per heavy atom. The van der Waals surface area contributed by atoms with E-state index >= 15 is 0 Å². The van der Waals surface area contributed by atoms with E-state index in [0.29, 0.717) is 5.56 Å². The van der Waals surface area contributed by atoms with Gasteiger partial charge in [0.05, 0.1) is 11.6 Å². The van der Waals surface area contributed by atoms with E-state index in [4.69, 9.17) is 5.26 Å². The van der Waals surface area contributed by atoms with Crippen LogP contribution in [0.15, 0.2) is 35.1 Å². The summed E-state index contributed by atoms with van der Waals surface area (Å²) in [6.45, 7) is 5.60. The topological polar surface area (TPSA) is 23.8 Å². The molecule has 0 heterocycles. The van der Waals surface area contributed by atoms with Gasteiger partial charge in [0.25, 0.3) is 0 Å². The molecule has 0 saturated carbocycles. The minimum absolute atomic E-state index is 0.708. The molecule has 0 fully saturated rings. The highest BCUT2D eigenvalue weighted by molar-refractivity contribution is 8.02. The summed E-state index contributed by atoms with van der Waals surface area (Å²) in [6, 6.07) is 7.88. The van der Waals surface area contributed by atoms with E-state index in [1.165, 1.54) is 11.8 Å². The van der Waals surface area contributed by atoms with Crippen molar-refractivity contribution in [2.24, 2.45) is 0 Å². The lowest BCUT2D eigenvalue weighted by Gasteiger charge is -1.98. The van der Waals surface area contributed by atoms with Gasteiger partial charge in [0.2, 0.25) is 0 Å². The Hall–Kier alpha value is -1.20. The van der Waals surface area contributed by atoms with E-state index in [2.05, 4.69) is 12.6 Å². The number of rotatable bonds is 2. The third kappa shape index (κ3) is 2.14. The van der Waals surface area contributed by atoms with E-state index in [0.717, 1.165) is 10.5 Å².